The number of rotatable bonds is 8. The molecule has 0 fully saturated rings. The van der Waals surface area contributed by atoms with E-state index >= 15 is 0 Å². The minimum atomic E-state index is -0.427. The van der Waals surface area contributed by atoms with Gasteiger partial charge in [0.15, 0.2) is 0 Å². The predicted molar refractivity (Wildman–Crippen MR) is 73.6 cm³/mol. The molecule has 0 amide bonds. The van der Waals surface area contributed by atoms with Crippen LogP contribution < -0.4 is 5.32 Å². The van der Waals surface area contributed by atoms with Crippen molar-refractivity contribution in [3.8, 4) is 0 Å². The minimum absolute atomic E-state index is 0.0604. The molecule has 0 aliphatic rings. The second-order valence-electron chi connectivity index (χ2n) is 4.59. The lowest BCUT2D eigenvalue weighted by atomic mass is 9.90. The average molecular weight is 252 g/mol. The van der Waals surface area contributed by atoms with Gasteiger partial charge in [0, 0.05) is 20.2 Å². The van der Waals surface area contributed by atoms with E-state index in [1.807, 2.05) is 44.4 Å². The molecule has 0 saturated carbocycles. The Bertz CT molecular complexity index is 326. The summed E-state index contributed by atoms with van der Waals surface area (Å²) in [4.78, 5) is 2.16. The van der Waals surface area contributed by atoms with E-state index in [-0.39, 0.29) is 6.61 Å². The van der Waals surface area contributed by atoms with Crippen molar-refractivity contribution < 1.29 is 9.84 Å². The normalized spacial score (nSPS) is 14.7. The van der Waals surface area contributed by atoms with Gasteiger partial charge in [0.25, 0.3) is 0 Å². The molecule has 0 saturated heterocycles. The number of hydrogen-bond acceptors (Lipinski definition) is 4. The fourth-order valence-corrected chi connectivity index (χ4v) is 2.08. The monoisotopic (exact) mass is 252 g/mol. The number of nitrogens with one attached hydrogen (secondary N) is 1. The topological polar surface area (TPSA) is 44.7 Å². The maximum absolute atomic E-state index is 9.78. The Labute approximate surface area is 110 Å². The number of nitrogens with zero attached hydrogens (tertiary/aromatic N) is 1. The molecular formula is C14H24N2O2. The molecule has 1 rings (SSSR count). The van der Waals surface area contributed by atoms with Crippen LogP contribution in [0.3, 0.4) is 0 Å². The van der Waals surface area contributed by atoms with Gasteiger partial charge in [-0.2, -0.15) is 0 Å². The molecule has 18 heavy (non-hydrogen) atoms. The summed E-state index contributed by atoms with van der Waals surface area (Å²) in [6.07, 6.45) is 0. The van der Waals surface area contributed by atoms with Crippen LogP contribution in [0.15, 0.2) is 30.3 Å². The molecule has 0 aromatic heterocycles. The van der Waals surface area contributed by atoms with Gasteiger partial charge in [-0.15, -0.1) is 0 Å². The zero-order chi connectivity index (χ0) is 13.4. The standard InChI is InChI=1S/C14H24N2O2/c1-15-14(12-17,11-16(2)9-10-18-3)13-7-5-4-6-8-13/h4-8,15,17H,9-12H2,1-3H3. The molecule has 1 unspecified atom stereocenters. The highest BCUT2D eigenvalue weighted by Gasteiger charge is 2.30. The van der Waals surface area contributed by atoms with E-state index in [0.29, 0.717) is 6.61 Å². The summed E-state index contributed by atoms with van der Waals surface area (Å²) < 4.78 is 5.08. The predicted octanol–water partition coefficient (Wildman–Crippen LogP) is 0.672. The van der Waals surface area contributed by atoms with Gasteiger partial charge in [0.1, 0.15) is 0 Å². The van der Waals surface area contributed by atoms with Crippen LogP contribution in [-0.4, -0.2) is 57.5 Å². The third kappa shape index (κ3) is 3.78. The summed E-state index contributed by atoms with van der Waals surface area (Å²) in [7, 11) is 5.61. The van der Waals surface area contributed by atoms with Crippen molar-refractivity contribution in [2.75, 3.05) is 47.5 Å². The number of methoxy groups -OCH3 is 1. The molecular weight excluding hydrogens is 228 g/mol. The Morgan fingerprint density at radius 1 is 1.33 bits per heavy atom. The lowest BCUT2D eigenvalue weighted by molar-refractivity contribution is 0.103. The summed E-state index contributed by atoms with van der Waals surface area (Å²) >= 11 is 0. The molecule has 4 heteroatoms. The average Bonchev–Trinajstić information content (AvgIpc) is 2.43. The molecule has 0 heterocycles. The zero-order valence-electron chi connectivity index (χ0n) is 11.5. The van der Waals surface area contributed by atoms with Crippen LogP contribution in [0.1, 0.15) is 5.56 Å². The molecule has 1 atom stereocenters. The van der Waals surface area contributed by atoms with E-state index in [2.05, 4.69) is 10.2 Å². The molecule has 0 aliphatic heterocycles. The van der Waals surface area contributed by atoms with Crippen LogP contribution in [0.4, 0.5) is 0 Å². The van der Waals surface area contributed by atoms with E-state index < -0.39 is 5.54 Å². The third-order valence-electron chi connectivity index (χ3n) is 3.29. The van der Waals surface area contributed by atoms with E-state index in [9.17, 15) is 5.11 Å². The second kappa shape index (κ2) is 7.48. The summed E-state index contributed by atoms with van der Waals surface area (Å²) in [5.41, 5.74) is 0.670. The van der Waals surface area contributed by atoms with E-state index in [1.165, 1.54) is 0 Å². The van der Waals surface area contributed by atoms with Crippen molar-refractivity contribution in [1.29, 1.82) is 0 Å². The number of likely N-dealkylation sites (N-methyl/N-ethyl adjacent to an activating group) is 2. The maximum Gasteiger partial charge on any atom is 0.0795 e. The van der Waals surface area contributed by atoms with Crippen LogP contribution in [0, 0.1) is 0 Å². The van der Waals surface area contributed by atoms with Crippen LogP contribution >= 0.6 is 0 Å². The van der Waals surface area contributed by atoms with E-state index in [0.717, 1.165) is 18.7 Å². The molecule has 0 spiro atoms. The Kier molecular flexibility index (Phi) is 6.29. The van der Waals surface area contributed by atoms with Gasteiger partial charge in [-0.05, 0) is 19.7 Å². The van der Waals surface area contributed by atoms with Crippen molar-refractivity contribution in [3.63, 3.8) is 0 Å². The second-order valence-corrected chi connectivity index (χ2v) is 4.59. The fourth-order valence-electron chi connectivity index (χ4n) is 2.08. The summed E-state index contributed by atoms with van der Waals surface area (Å²) in [5, 5.41) is 13.0. The van der Waals surface area contributed by atoms with Gasteiger partial charge >= 0.3 is 0 Å². The van der Waals surface area contributed by atoms with E-state index in [4.69, 9.17) is 4.74 Å². The zero-order valence-corrected chi connectivity index (χ0v) is 11.5. The SMILES string of the molecule is CNC(CO)(CN(C)CCOC)c1ccccc1. The Hall–Kier alpha value is -0.940. The van der Waals surface area contributed by atoms with Crippen LogP contribution in [-0.2, 0) is 10.3 Å². The van der Waals surface area contributed by atoms with Crippen LogP contribution in [0.5, 0.6) is 0 Å². The lowest BCUT2D eigenvalue weighted by Crippen LogP contribution is -2.51. The van der Waals surface area contributed by atoms with Gasteiger partial charge in [-0.3, -0.25) is 0 Å². The molecule has 0 radical (unpaired) electrons. The first-order chi connectivity index (χ1) is 8.68. The fraction of sp³-hybridized carbons (Fsp3) is 0.571. The Morgan fingerprint density at radius 2 is 2.00 bits per heavy atom. The highest BCUT2D eigenvalue weighted by atomic mass is 16.5. The Morgan fingerprint density at radius 3 is 2.50 bits per heavy atom. The number of aliphatic hydroxyl groups is 1. The minimum Gasteiger partial charge on any atom is -0.394 e. The first-order valence-corrected chi connectivity index (χ1v) is 6.21. The van der Waals surface area contributed by atoms with Crippen molar-refractivity contribution >= 4 is 0 Å². The van der Waals surface area contributed by atoms with Crippen molar-refractivity contribution in [3.05, 3.63) is 35.9 Å². The largest absolute Gasteiger partial charge is 0.394 e. The van der Waals surface area contributed by atoms with Crippen molar-refractivity contribution in [2.45, 2.75) is 5.54 Å². The van der Waals surface area contributed by atoms with Crippen LogP contribution in [0.2, 0.25) is 0 Å². The van der Waals surface area contributed by atoms with E-state index in [1.54, 1.807) is 7.11 Å². The summed E-state index contributed by atoms with van der Waals surface area (Å²) in [6.45, 7) is 2.32. The number of ether oxygens (including phenoxy) is 1. The molecule has 4 nitrogen and oxygen atoms in total. The number of hydrogen-bond donors (Lipinski definition) is 2. The summed E-state index contributed by atoms with van der Waals surface area (Å²) in [5.74, 6) is 0. The summed E-state index contributed by atoms with van der Waals surface area (Å²) in [6, 6.07) is 10.0. The van der Waals surface area contributed by atoms with Gasteiger partial charge in [0.2, 0.25) is 0 Å². The molecule has 0 aliphatic carbocycles. The smallest absolute Gasteiger partial charge is 0.0795 e. The number of benzene rings is 1. The lowest BCUT2D eigenvalue weighted by Gasteiger charge is -2.36. The van der Waals surface area contributed by atoms with Gasteiger partial charge < -0.3 is 20.1 Å². The van der Waals surface area contributed by atoms with Gasteiger partial charge in [-0.1, -0.05) is 30.3 Å². The first kappa shape index (κ1) is 15.1. The highest BCUT2D eigenvalue weighted by Crippen LogP contribution is 2.21. The van der Waals surface area contributed by atoms with Gasteiger partial charge in [-0.25, -0.2) is 0 Å². The molecule has 1 aromatic rings. The van der Waals surface area contributed by atoms with Crippen molar-refractivity contribution in [2.24, 2.45) is 0 Å². The molecule has 1 aromatic carbocycles. The van der Waals surface area contributed by atoms with Crippen molar-refractivity contribution in [1.82, 2.24) is 10.2 Å². The third-order valence-corrected chi connectivity index (χ3v) is 3.29. The molecule has 102 valence electrons. The highest BCUT2D eigenvalue weighted by molar-refractivity contribution is 5.25. The Balaban J connectivity index is 2.81. The van der Waals surface area contributed by atoms with Gasteiger partial charge in [0.05, 0.1) is 18.8 Å². The van der Waals surface area contributed by atoms with Crippen LogP contribution in [0.25, 0.3) is 0 Å². The molecule has 0 bridgehead atoms. The number of aliphatic hydroxyl groups excluding tert-OH is 1. The molecule has 2 N–H and O–H groups in total. The quantitative estimate of drug-likeness (QED) is 0.714. The first-order valence-electron chi connectivity index (χ1n) is 6.21. The maximum atomic E-state index is 9.78.